The van der Waals surface area contributed by atoms with Gasteiger partial charge in [-0.15, -0.1) is 11.6 Å². The molecule has 0 fully saturated rings. The second kappa shape index (κ2) is 5.53. The second-order valence-electron chi connectivity index (χ2n) is 5.02. The molecular weight excluding hydrogens is 327 g/mol. The predicted molar refractivity (Wildman–Crippen MR) is 89.7 cm³/mol. The Bertz CT molecular complexity index is 822. The predicted octanol–water partition coefficient (Wildman–Crippen LogP) is 5.92. The first kappa shape index (κ1) is 14.7. The van der Waals surface area contributed by atoms with Crippen molar-refractivity contribution < 1.29 is 0 Å². The quantitative estimate of drug-likeness (QED) is 0.530. The van der Waals surface area contributed by atoms with Crippen molar-refractivity contribution in [2.24, 2.45) is 0 Å². The highest BCUT2D eigenvalue weighted by Crippen LogP contribution is 2.34. The number of hydrogen-bond donors (Lipinski definition) is 0. The van der Waals surface area contributed by atoms with Crippen LogP contribution in [0.15, 0.2) is 36.5 Å². The average Bonchev–Trinajstić information content (AvgIpc) is 2.80. The van der Waals surface area contributed by atoms with Gasteiger partial charge in [0.2, 0.25) is 0 Å². The van der Waals surface area contributed by atoms with E-state index >= 15 is 0 Å². The van der Waals surface area contributed by atoms with Crippen molar-refractivity contribution in [3.05, 3.63) is 57.8 Å². The molecule has 2 heterocycles. The molecule has 0 N–H and O–H groups in total. The normalized spacial score (nSPS) is 12.8. The fourth-order valence-electron chi connectivity index (χ4n) is 2.40. The summed E-state index contributed by atoms with van der Waals surface area (Å²) in [5, 5.41) is 0.864. The summed E-state index contributed by atoms with van der Waals surface area (Å²) < 4.78 is 2.02. The van der Waals surface area contributed by atoms with Crippen LogP contribution < -0.4 is 0 Å². The largest absolute Gasteiger partial charge is 0.302 e. The van der Waals surface area contributed by atoms with Gasteiger partial charge in [-0.1, -0.05) is 29.3 Å². The van der Waals surface area contributed by atoms with Gasteiger partial charge in [-0.05, 0) is 43.7 Å². The monoisotopic (exact) mass is 338 g/mol. The van der Waals surface area contributed by atoms with Crippen molar-refractivity contribution in [1.29, 1.82) is 0 Å². The number of imidazole rings is 1. The number of halogens is 3. The summed E-state index contributed by atoms with van der Waals surface area (Å²) in [7, 11) is 0. The van der Waals surface area contributed by atoms with Crippen LogP contribution >= 0.6 is 34.8 Å². The summed E-state index contributed by atoms with van der Waals surface area (Å²) in [6.45, 7) is 3.98. The van der Waals surface area contributed by atoms with Crippen molar-refractivity contribution in [1.82, 2.24) is 9.38 Å². The number of rotatable bonds is 2. The number of aromatic nitrogens is 2. The van der Waals surface area contributed by atoms with Gasteiger partial charge in [-0.25, -0.2) is 4.98 Å². The standard InChI is InChI=1S/C16H13Cl3N2/c1-9-5-6-21-14(7-9)20-15(16(21)10(2)17)11-3-4-12(18)13(19)8-11/h3-8,10H,1-2H3. The molecule has 0 amide bonds. The molecule has 0 spiro atoms. The fourth-order valence-corrected chi connectivity index (χ4v) is 2.91. The SMILES string of the molecule is Cc1ccn2c(C(C)Cl)c(-c3ccc(Cl)c(Cl)c3)nc2c1. The van der Waals surface area contributed by atoms with Crippen LogP contribution in [-0.2, 0) is 0 Å². The molecule has 0 aliphatic carbocycles. The molecular formula is C16H13Cl3N2. The minimum atomic E-state index is -0.174. The average molecular weight is 340 g/mol. The van der Waals surface area contributed by atoms with Crippen molar-refractivity contribution in [3.8, 4) is 11.3 Å². The van der Waals surface area contributed by atoms with Gasteiger partial charge in [0.15, 0.2) is 0 Å². The van der Waals surface area contributed by atoms with Gasteiger partial charge in [-0.2, -0.15) is 0 Å². The van der Waals surface area contributed by atoms with Gasteiger partial charge in [0.25, 0.3) is 0 Å². The first-order chi connectivity index (χ1) is 9.97. The molecule has 1 atom stereocenters. The minimum absolute atomic E-state index is 0.174. The number of alkyl halides is 1. The van der Waals surface area contributed by atoms with E-state index in [-0.39, 0.29) is 5.38 Å². The number of hydrogen-bond acceptors (Lipinski definition) is 1. The zero-order valence-corrected chi connectivity index (χ0v) is 13.8. The van der Waals surface area contributed by atoms with Crippen LogP contribution in [0.4, 0.5) is 0 Å². The van der Waals surface area contributed by atoms with Crippen LogP contribution in [0, 0.1) is 6.92 Å². The maximum atomic E-state index is 6.37. The lowest BCUT2D eigenvalue weighted by Crippen LogP contribution is -1.95. The molecule has 0 bridgehead atoms. The highest BCUT2D eigenvalue weighted by atomic mass is 35.5. The summed E-state index contributed by atoms with van der Waals surface area (Å²) in [6, 6.07) is 9.57. The molecule has 0 aliphatic heterocycles. The summed E-state index contributed by atoms with van der Waals surface area (Å²) in [6.07, 6.45) is 1.99. The number of pyridine rings is 1. The van der Waals surface area contributed by atoms with Crippen LogP contribution in [0.1, 0.15) is 23.6 Å². The summed E-state index contributed by atoms with van der Waals surface area (Å²) in [5.41, 5.74) is 4.72. The van der Waals surface area contributed by atoms with E-state index < -0.39 is 0 Å². The van der Waals surface area contributed by atoms with E-state index in [2.05, 4.69) is 0 Å². The van der Waals surface area contributed by atoms with Crippen LogP contribution in [0.2, 0.25) is 10.0 Å². The third-order valence-corrected chi connectivity index (χ3v) is 4.33. The zero-order valence-electron chi connectivity index (χ0n) is 11.6. The molecule has 5 heteroatoms. The van der Waals surface area contributed by atoms with Crippen LogP contribution in [0.3, 0.4) is 0 Å². The molecule has 3 aromatic rings. The first-order valence-electron chi connectivity index (χ1n) is 6.55. The Labute approximate surface area is 138 Å². The smallest absolute Gasteiger partial charge is 0.137 e. The molecule has 1 aromatic carbocycles. The Kier molecular flexibility index (Phi) is 3.87. The molecule has 0 saturated carbocycles. The van der Waals surface area contributed by atoms with Crippen LogP contribution in [-0.4, -0.2) is 9.38 Å². The topological polar surface area (TPSA) is 17.3 Å². The van der Waals surface area contributed by atoms with E-state index in [0.29, 0.717) is 10.0 Å². The second-order valence-corrected chi connectivity index (χ2v) is 6.49. The molecule has 21 heavy (non-hydrogen) atoms. The van der Waals surface area contributed by atoms with Crippen molar-refractivity contribution in [3.63, 3.8) is 0 Å². The molecule has 2 aromatic heterocycles. The Morgan fingerprint density at radius 2 is 1.86 bits per heavy atom. The van der Waals surface area contributed by atoms with E-state index in [4.69, 9.17) is 39.8 Å². The molecule has 0 aliphatic rings. The summed E-state index contributed by atoms with van der Waals surface area (Å²) in [4.78, 5) is 4.71. The molecule has 1 unspecified atom stereocenters. The van der Waals surface area contributed by atoms with Crippen LogP contribution in [0.5, 0.6) is 0 Å². The maximum Gasteiger partial charge on any atom is 0.137 e. The van der Waals surface area contributed by atoms with E-state index in [9.17, 15) is 0 Å². The minimum Gasteiger partial charge on any atom is -0.302 e. The highest BCUT2D eigenvalue weighted by molar-refractivity contribution is 6.42. The zero-order chi connectivity index (χ0) is 15.1. The van der Waals surface area contributed by atoms with E-state index in [1.54, 1.807) is 6.07 Å². The molecule has 0 radical (unpaired) electrons. The third kappa shape index (κ3) is 2.64. The Hall–Kier alpha value is -1.22. The number of nitrogens with zero attached hydrogens (tertiary/aromatic N) is 2. The van der Waals surface area contributed by atoms with Gasteiger partial charge in [-0.3, -0.25) is 0 Å². The van der Waals surface area contributed by atoms with Gasteiger partial charge in [0, 0.05) is 11.8 Å². The molecule has 108 valence electrons. The Balaban J connectivity index is 2.30. The van der Waals surface area contributed by atoms with E-state index in [1.165, 1.54) is 0 Å². The lowest BCUT2D eigenvalue weighted by molar-refractivity contribution is 0.963. The molecule has 3 rings (SSSR count). The lowest BCUT2D eigenvalue weighted by Gasteiger charge is -2.08. The van der Waals surface area contributed by atoms with Crippen molar-refractivity contribution in [2.45, 2.75) is 19.2 Å². The molecule has 2 nitrogen and oxygen atoms in total. The van der Waals surface area contributed by atoms with E-state index in [1.807, 2.05) is 48.7 Å². The van der Waals surface area contributed by atoms with Crippen LogP contribution in [0.25, 0.3) is 16.9 Å². The number of aryl methyl sites for hydroxylation is 1. The van der Waals surface area contributed by atoms with Crippen molar-refractivity contribution >= 4 is 40.4 Å². The maximum absolute atomic E-state index is 6.37. The first-order valence-corrected chi connectivity index (χ1v) is 7.74. The van der Waals surface area contributed by atoms with E-state index in [0.717, 1.165) is 28.2 Å². The Morgan fingerprint density at radius 1 is 1.10 bits per heavy atom. The summed E-state index contributed by atoms with van der Waals surface area (Å²) in [5.74, 6) is 0. The number of fused-ring (bicyclic) bond motifs is 1. The molecule has 0 saturated heterocycles. The number of benzene rings is 1. The third-order valence-electron chi connectivity index (χ3n) is 3.39. The van der Waals surface area contributed by atoms with Gasteiger partial charge in [0.1, 0.15) is 5.65 Å². The lowest BCUT2D eigenvalue weighted by atomic mass is 10.1. The fraction of sp³-hybridized carbons (Fsp3) is 0.188. The Morgan fingerprint density at radius 3 is 2.52 bits per heavy atom. The van der Waals surface area contributed by atoms with Crippen molar-refractivity contribution in [2.75, 3.05) is 0 Å². The summed E-state index contributed by atoms with van der Waals surface area (Å²) >= 11 is 18.5. The van der Waals surface area contributed by atoms with Gasteiger partial charge < -0.3 is 4.40 Å². The van der Waals surface area contributed by atoms with Gasteiger partial charge in [0.05, 0.1) is 26.8 Å². The van der Waals surface area contributed by atoms with Gasteiger partial charge >= 0.3 is 0 Å². The highest BCUT2D eigenvalue weighted by Gasteiger charge is 2.18.